The van der Waals surface area contributed by atoms with Gasteiger partial charge in [0, 0.05) is 0 Å². The highest BCUT2D eigenvalue weighted by Gasteiger charge is 2.42. The second-order valence-corrected chi connectivity index (χ2v) is 6.73. The fourth-order valence-electron chi connectivity index (χ4n) is 1.63. The van der Waals surface area contributed by atoms with Crippen LogP contribution in [0, 0.1) is 3.14 Å². The molecule has 6 nitrogen and oxygen atoms in total. The van der Waals surface area contributed by atoms with Gasteiger partial charge < -0.3 is 9.47 Å². The Hall–Kier alpha value is -1.71. The van der Waals surface area contributed by atoms with Gasteiger partial charge in [0.1, 0.15) is 14.3 Å². The number of rotatable bonds is 2. The summed E-state index contributed by atoms with van der Waals surface area (Å²) < 4.78 is 9.27. The average Bonchev–Trinajstić information content (AvgIpc) is 2.83. The quantitative estimate of drug-likeness (QED) is 0.462. The van der Waals surface area contributed by atoms with Crippen molar-refractivity contribution in [3.8, 4) is 0 Å². The van der Waals surface area contributed by atoms with Crippen LogP contribution in [0.3, 0.4) is 0 Å². The van der Waals surface area contributed by atoms with E-state index in [1.54, 1.807) is 0 Å². The first-order valence-corrected chi connectivity index (χ1v) is 7.10. The SMILES string of the molecule is COC(=O)C1=C(C(=O)OC)C(=O)c2sc(=S)sc2C1=O. The van der Waals surface area contributed by atoms with E-state index >= 15 is 0 Å². The van der Waals surface area contributed by atoms with Gasteiger partial charge in [0.15, 0.2) is 0 Å². The molecule has 0 aliphatic heterocycles. The molecule has 0 aromatic carbocycles. The van der Waals surface area contributed by atoms with Crippen LogP contribution in [0.2, 0.25) is 0 Å². The topological polar surface area (TPSA) is 86.7 Å². The molecular weight excluding hydrogens is 324 g/mol. The Morgan fingerprint density at radius 3 is 1.55 bits per heavy atom. The summed E-state index contributed by atoms with van der Waals surface area (Å²) in [6.45, 7) is 0. The Morgan fingerprint density at radius 2 is 1.25 bits per heavy atom. The van der Waals surface area contributed by atoms with Gasteiger partial charge in [-0.2, -0.15) is 0 Å². The molecule has 0 amide bonds. The lowest BCUT2D eigenvalue weighted by molar-refractivity contribution is -0.138. The third-order valence-electron chi connectivity index (χ3n) is 2.47. The second-order valence-electron chi connectivity index (χ2n) is 3.50. The van der Waals surface area contributed by atoms with Crippen LogP contribution < -0.4 is 0 Å². The second kappa shape index (κ2) is 5.35. The van der Waals surface area contributed by atoms with Crippen molar-refractivity contribution in [3.63, 3.8) is 0 Å². The zero-order valence-corrected chi connectivity index (χ0v) is 12.6. The highest BCUT2D eigenvalue weighted by atomic mass is 32.2. The Labute approximate surface area is 125 Å². The maximum Gasteiger partial charge on any atom is 0.342 e. The number of carbonyl (C=O) groups excluding carboxylic acids is 4. The number of esters is 2. The Kier molecular flexibility index (Phi) is 3.93. The number of methoxy groups -OCH3 is 2. The molecule has 0 radical (unpaired) electrons. The highest BCUT2D eigenvalue weighted by molar-refractivity contribution is 7.76. The molecule has 20 heavy (non-hydrogen) atoms. The fraction of sp³-hybridized carbons (Fsp3) is 0.182. The minimum absolute atomic E-state index is 0.0538. The van der Waals surface area contributed by atoms with Crippen molar-refractivity contribution >= 4 is 58.4 Å². The van der Waals surface area contributed by atoms with Crippen LogP contribution in [-0.2, 0) is 19.1 Å². The van der Waals surface area contributed by atoms with Gasteiger partial charge in [0.2, 0.25) is 11.6 Å². The summed E-state index contributed by atoms with van der Waals surface area (Å²) in [5, 5.41) is 0. The number of ether oxygens (including phenoxy) is 2. The molecule has 0 N–H and O–H groups in total. The molecule has 0 saturated carbocycles. The van der Waals surface area contributed by atoms with E-state index in [2.05, 4.69) is 9.47 Å². The maximum absolute atomic E-state index is 12.3. The lowest BCUT2D eigenvalue weighted by atomic mass is 9.92. The smallest absolute Gasteiger partial charge is 0.342 e. The van der Waals surface area contributed by atoms with E-state index in [0.717, 1.165) is 36.9 Å². The molecule has 0 atom stereocenters. The largest absolute Gasteiger partial charge is 0.465 e. The molecule has 2 rings (SSSR count). The maximum atomic E-state index is 12.3. The first-order chi connectivity index (χ1) is 9.42. The molecule has 0 saturated heterocycles. The van der Waals surface area contributed by atoms with Gasteiger partial charge in [-0.1, -0.05) is 12.2 Å². The van der Waals surface area contributed by atoms with E-state index in [1.807, 2.05) is 0 Å². The third-order valence-corrected chi connectivity index (χ3v) is 5.12. The first kappa shape index (κ1) is 14.7. The van der Waals surface area contributed by atoms with Gasteiger partial charge >= 0.3 is 11.9 Å². The van der Waals surface area contributed by atoms with Gasteiger partial charge in [0.05, 0.1) is 24.0 Å². The summed E-state index contributed by atoms with van der Waals surface area (Å²) in [7, 11) is 2.10. The van der Waals surface area contributed by atoms with Crippen LogP contribution in [0.4, 0.5) is 0 Å². The average molecular weight is 330 g/mol. The Bertz CT molecular complexity index is 677. The first-order valence-electron chi connectivity index (χ1n) is 5.06. The van der Waals surface area contributed by atoms with Gasteiger partial charge in [0.25, 0.3) is 0 Å². The number of hydrogen-bond acceptors (Lipinski definition) is 9. The molecular formula is C11H6O6S3. The van der Waals surface area contributed by atoms with Gasteiger partial charge in [-0.15, -0.1) is 22.7 Å². The van der Waals surface area contributed by atoms with Crippen molar-refractivity contribution in [2.24, 2.45) is 0 Å². The van der Waals surface area contributed by atoms with Crippen LogP contribution >= 0.6 is 34.9 Å². The summed E-state index contributed by atoms with van der Waals surface area (Å²) in [4.78, 5) is 48.0. The molecule has 104 valence electrons. The zero-order valence-electron chi connectivity index (χ0n) is 10.2. The molecule has 9 heteroatoms. The summed E-state index contributed by atoms with van der Waals surface area (Å²) >= 11 is 6.78. The predicted octanol–water partition coefficient (Wildman–Crippen LogP) is 1.56. The van der Waals surface area contributed by atoms with E-state index < -0.39 is 34.7 Å². The Morgan fingerprint density at radius 1 is 0.900 bits per heavy atom. The number of Topliss-reactive ketones (excluding diaryl/α,β-unsaturated/α-hetero) is 2. The normalized spacial score (nSPS) is 14.1. The van der Waals surface area contributed by atoms with Crippen molar-refractivity contribution in [1.29, 1.82) is 0 Å². The Balaban J connectivity index is 2.76. The van der Waals surface area contributed by atoms with Crippen LogP contribution in [0.15, 0.2) is 11.1 Å². The van der Waals surface area contributed by atoms with E-state index in [-0.39, 0.29) is 9.75 Å². The molecule has 0 bridgehead atoms. The van der Waals surface area contributed by atoms with E-state index in [9.17, 15) is 19.2 Å². The predicted molar refractivity (Wildman–Crippen MR) is 72.7 cm³/mol. The zero-order chi connectivity index (χ0) is 15.0. The van der Waals surface area contributed by atoms with Crippen LogP contribution in [-0.4, -0.2) is 37.7 Å². The summed E-state index contributed by atoms with van der Waals surface area (Å²) in [6, 6.07) is 0. The molecule has 0 unspecified atom stereocenters. The number of ketones is 2. The van der Waals surface area contributed by atoms with E-state index in [1.165, 1.54) is 0 Å². The molecule has 1 aromatic rings. The van der Waals surface area contributed by atoms with Crippen molar-refractivity contribution < 1.29 is 28.7 Å². The number of fused-ring (bicyclic) bond motifs is 1. The van der Waals surface area contributed by atoms with Gasteiger partial charge in [-0.25, -0.2) is 9.59 Å². The molecule has 1 aromatic heterocycles. The molecule has 1 aliphatic carbocycles. The monoisotopic (exact) mass is 330 g/mol. The van der Waals surface area contributed by atoms with Crippen LogP contribution in [0.25, 0.3) is 0 Å². The number of hydrogen-bond donors (Lipinski definition) is 0. The van der Waals surface area contributed by atoms with Crippen LogP contribution in [0.5, 0.6) is 0 Å². The molecule has 1 aliphatic rings. The number of carbonyl (C=O) groups is 4. The van der Waals surface area contributed by atoms with Crippen LogP contribution in [0.1, 0.15) is 19.3 Å². The van der Waals surface area contributed by atoms with Gasteiger partial charge in [-0.05, 0) is 0 Å². The third kappa shape index (κ3) is 2.13. The van der Waals surface area contributed by atoms with Crippen molar-refractivity contribution in [2.75, 3.05) is 14.2 Å². The molecule has 0 spiro atoms. The van der Waals surface area contributed by atoms with Crippen molar-refractivity contribution in [2.45, 2.75) is 0 Å². The van der Waals surface area contributed by atoms with Gasteiger partial charge in [-0.3, -0.25) is 9.59 Å². The summed E-state index contributed by atoms with van der Waals surface area (Å²) in [6.07, 6.45) is 0. The van der Waals surface area contributed by atoms with E-state index in [0.29, 0.717) is 3.14 Å². The highest BCUT2D eigenvalue weighted by Crippen LogP contribution is 2.35. The summed E-state index contributed by atoms with van der Waals surface area (Å²) in [5.74, 6) is -3.61. The lowest BCUT2D eigenvalue weighted by Crippen LogP contribution is -2.29. The molecule has 1 heterocycles. The van der Waals surface area contributed by atoms with Crippen molar-refractivity contribution in [1.82, 2.24) is 0 Å². The minimum Gasteiger partial charge on any atom is -0.465 e. The van der Waals surface area contributed by atoms with Crippen molar-refractivity contribution in [3.05, 3.63) is 24.0 Å². The van der Waals surface area contributed by atoms with E-state index in [4.69, 9.17) is 12.2 Å². The standard InChI is InChI=1S/C11H6O6S3/c1-16-9(14)3-4(10(15)17-2)6(13)8-7(5(3)12)19-11(18)20-8/h1-2H3. The minimum atomic E-state index is -1.06. The fourth-order valence-corrected chi connectivity index (χ4v) is 4.14. The lowest BCUT2D eigenvalue weighted by Gasteiger charge is -2.14. The summed E-state index contributed by atoms with van der Waals surface area (Å²) in [5.41, 5.74) is -1.22. The molecule has 0 fully saturated rings.